The molecule has 0 spiro atoms. The Morgan fingerprint density at radius 1 is 1.24 bits per heavy atom. The Balaban J connectivity index is 1.74. The number of hydrogen-bond donors (Lipinski definition) is 1. The van der Waals surface area contributed by atoms with E-state index in [9.17, 15) is 4.79 Å². The van der Waals surface area contributed by atoms with E-state index in [0.29, 0.717) is 12.1 Å². The minimum Gasteiger partial charge on any atom is -0.444 e. The van der Waals surface area contributed by atoms with Gasteiger partial charge in [-0.25, -0.2) is 4.79 Å². The van der Waals surface area contributed by atoms with Crippen molar-refractivity contribution in [1.29, 1.82) is 0 Å². The number of carbonyl (C=O) groups excluding carboxylic acids is 1. The summed E-state index contributed by atoms with van der Waals surface area (Å²) in [6, 6.07) is 0.968. The van der Waals surface area contributed by atoms with Crippen molar-refractivity contribution in [2.75, 3.05) is 13.1 Å². The van der Waals surface area contributed by atoms with Gasteiger partial charge < -0.3 is 15.0 Å². The lowest BCUT2D eigenvalue weighted by Crippen LogP contribution is -2.44. The van der Waals surface area contributed by atoms with Crippen LogP contribution in [0, 0.1) is 5.92 Å². The van der Waals surface area contributed by atoms with E-state index in [2.05, 4.69) is 12.2 Å². The summed E-state index contributed by atoms with van der Waals surface area (Å²) in [5, 5.41) is 3.61. The molecule has 122 valence electrons. The molecule has 2 aliphatic rings. The maximum atomic E-state index is 12.2. The molecule has 0 aromatic heterocycles. The lowest BCUT2D eigenvalue weighted by Gasteiger charge is -2.28. The number of hydrogen-bond acceptors (Lipinski definition) is 3. The fourth-order valence-electron chi connectivity index (χ4n) is 3.17. The fraction of sp³-hybridized carbons (Fsp3) is 0.941. The van der Waals surface area contributed by atoms with Crippen molar-refractivity contribution < 1.29 is 9.53 Å². The van der Waals surface area contributed by atoms with Gasteiger partial charge in [0.25, 0.3) is 0 Å². The monoisotopic (exact) mass is 296 g/mol. The van der Waals surface area contributed by atoms with Crippen molar-refractivity contribution in [3.8, 4) is 0 Å². The second kappa shape index (κ2) is 6.99. The lowest BCUT2D eigenvalue weighted by molar-refractivity contribution is 0.0234. The maximum Gasteiger partial charge on any atom is 0.410 e. The molecule has 1 atom stereocenters. The zero-order chi connectivity index (χ0) is 15.5. The highest BCUT2D eigenvalue weighted by atomic mass is 16.6. The summed E-state index contributed by atoms with van der Waals surface area (Å²) >= 11 is 0. The van der Waals surface area contributed by atoms with Gasteiger partial charge in [0, 0.05) is 25.2 Å². The van der Waals surface area contributed by atoms with Gasteiger partial charge in [-0.05, 0) is 59.3 Å². The molecule has 0 aliphatic heterocycles. The van der Waals surface area contributed by atoms with Gasteiger partial charge in [0.2, 0.25) is 0 Å². The van der Waals surface area contributed by atoms with E-state index in [1.54, 1.807) is 0 Å². The van der Waals surface area contributed by atoms with Crippen LogP contribution in [0.3, 0.4) is 0 Å². The van der Waals surface area contributed by atoms with Crippen molar-refractivity contribution in [2.24, 2.45) is 5.92 Å². The summed E-state index contributed by atoms with van der Waals surface area (Å²) in [7, 11) is 0. The van der Waals surface area contributed by atoms with Crippen LogP contribution in [0.15, 0.2) is 0 Å². The van der Waals surface area contributed by atoms with Crippen LogP contribution < -0.4 is 5.32 Å². The van der Waals surface area contributed by atoms with Crippen LogP contribution in [0.2, 0.25) is 0 Å². The molecule has 1 unspecified atom stereocenters. The SMILES string of the molecule is CC(NCCN(C(=O)OC(C)(C)C)C1CC1)C1CCCC1. The van der Waals surface area contributed by atoms with Crippen molar-refractivity contribution in [1.82, 2.24) is 10.2 Å². The number of nitrogens with zero attached hydrogens (tertiary/aromatic N) is 1. The second-order valence-electron chi connectivity index (χ2n) is 7.69. The zero-order valence-corrected chi connectivity index (χ0v) is 14.2. The summed E-state index contributed by atoms with van der Waals surface area (Å²) < 4.78 is 5.52. The van der Waals surface area contributed by atoms with Crippen molar-refractivity contribution in [3.63, 3.8) is 0 Å². The van der Waals surface area contributed by atoms with E-state index < -0.39 is 5.60 Å². The van der Waals surface area contributed by atoms with E-state index in [-0.39, 0.29) is 6.09 Å². The van der Waals surface area contributed by atoms with Crippen LogP contribution in [-0.4, -0.2) is 41.8 Å². The molecule has 4 heteroatoms. The average Bonchev–Trinajstić information content (AvgIpc) is 3.04. The van der Waals surface area contributed by atoms with E-state index in [4.69, 9.17) is 4.74 Å². The fourth-order valence-corrected chi connectivity index (χ4v) is 3.17. The highest BCUT2D eigenvalue weighted by Gasteiger charge is 2.35. The summed E-state index contributed by atoms with van der Waals surface area (Å²) in [4.78, 5) is 14.2. The minimum absolute atomic E-state index is 0.152. The Morgan fingerprint density at radius 3 is 2.38 bits per heavy atom. The predicted octanol–water partition coefficient (Wildman–Crippen LogP) is 3.55. The van der Waals surface area contributed by atoms with E-state index in [1.807, 2.05) is 25.7 Å². The molecular formula is C17H32N2O2. The molecule has 2 aliphatic carbocycles. The molecule has 0 aromatic carbocycles. The van der Waals surface area contributed by atoms with E-state index in [1.165, 1.54) is 25.7 Å². The van der Waals surface area contributed by atoms with Crippen LogP contribution in [0.25, 0.3) is 0 Å². The standard InChI is InChI=1S/C17H32N2O2/c1-13(14-7-5-6-8-14)18-11-12-19(15-9-10-15)16(20)21-17(2,3)4/h13-15,18H,5-12H2,1-4H3. The van der Waals surface area contributed by atoms with Gasteiger partial charge in [0.15, 0.2) is 0 Å². The van der Waals surface area contributed by atoms with Gasteiger partial charge in [-0.2, -0.15) is 0 Å². The predicted molar refractivity (Wildman–Crippen MR) is 85.4 cm³/mol. The van der Waals surface area contributed by atoms with Crippen molar-refractivity contribution in [2.45, 2.75) is 83.9 Å². The van der Waals surface area contributed by atoms with Gasteiger partial charge in [0.1, 0.15) is 5.60 Å². The van der Waals surface area contributed by atoms with Gasteiger partial charge in [-0.15, -0.1) is 0 Å². The first kappa shape index (κ1) is 16.6. The summed E-state index contributed by atoms with van der Waals surface area (Å²) in [5.74, 6) is 0.820. The van der Waals surface area contributed by atoms with Gasteiger partial charge in [-0.3, -0.25) is 0 Å². The minimum atomic E-state index is -0.408. The average molecular weight is 296 g/mol. The number of rotatable bonds is 6. The zero-order valence-electron chi connectivity index (χ0n) is 14.2. The van der Waals surface area contributed by atoms with Gasteiger partial charge in [0.05, 0.1) is 0 Å². The van der Waals surface area contributed by atoms with E-state index in [0.717, 1.165) is 31.8 Å². The molecule has 0 aromatic rings. The Kier molecular flexibility index (Phi) is 5.53. The quantitative estimate of drug-likeness (QED) is 0.815. The van der Waals surface area contributed by atoms with E-state index >= 15 is 0 Å². The lowest BCUT2D eigenvalue weighted by atomic mass is 10.00. The van der Waals surface area contributed by atoms with Crippen LogP contribution in [0.5, 0.6) is 0 Å². The molecule has 21 heavy (non-hydrogen) atoms. The third kappa shape index (κ3) is 5.50. The molecule has 0 radical (unpaired) electrons. The van der Waals surface area contributed by atoms with Gasteiger partial charge in [-0.1, -0.05) is 12.8 Å². The third-order valence-corrected chi connectivity index (χ3v) is 4.54. The Labute approximate surface area is 129 Å². The topological polar surface area (TPSA) is 41.6 Å². The molecule has 0 heterocycles. The van der Waals surface area contributed by atoms with Crippen molar-refractivity contribution >= 4 is 6.09 Å². The molecule has 2 saturated carbocycles. The molecule has 0 saturated heterocycles. The van der Waals surface area contributed by atoms with Crippen LogP contribution >= 0.6 is 0 Å². The van der Waals surface area contributed by atoms with Crippen LogP contribution in [-0.2, 0) is 4.74 Å². The Bertz CT molecular complexity index is 341. The molecular weight excluding hydrogens is 264 g/mol. The Morgan fingerprint density at radius 2 is 1.86 bits per heavy atom. The van der Waals surface area contributed by atoms with Gasteiger partial charge >= 0.3 is 6.09 Å². The Hall–Kier alpha value is -0.770. The molecule has 2 fully saturated rings. The van der Waals surface area contributed by atoms with Crippen LogP contribution in [0.1, 0.15) is 66.2 Å². The molecule has 1 amide bonds. The summed E-state index contributed by atoms with van der Waals surface area (Å²) in [6.45, 7) is 9.69. The largest absolute Gasteiger partial charge is 0.444 e. The molecule has 4 nitrogen and oxygen atoms in total. The normalized spacial score (nSPS) is 21.3. The highest BCUT2D eigenvalue weighted by molar-refractivity contribution is 5.69. The summed E-state index contributed by atoms with van der Waals surface area (Å²) in [5.41, 5.74) is -0.408. The number of nitrogens with one attached hydrogen (secondary N) is 1. The second-order valence-corrected chi connectivity index (χ2v) is 7.69. The maximum absolute atomic E-state index is 12.2. The summed E-state index contributed by atoms with van der Waals surface area (Å²) in [6.07, 6.45) is 7.56. The first-order valence-corrected chi connectivity index (χ1v) is 8.60. The molecule has 1 N–H and O–H groups in total. The number of ether oxygens (including phenoxy) is 1. The number of carbonyl (C=O) groups is 1. The smallest absolute Gasteiger partial charge is 0.410 e. The third-order valence-electron chi connectivity index (χ3n) is 4.54. The first-order chi connectivity index (χ1) is 9.87. The van der Waals surface area contributed by atoms with Crippen LogP contribution in [0.4, 0.5) is 4.79 Å². The molecule has 0 bridgehead atoms. The highest BCUT2D eigenvalue weighted by Crippen LogP contribution is 2.29. The molecule has 2 rings (SSSR count). The first-order valence-electron chi connectivity index (χ1n) is 8.60. The van der Waals surface area contributed by atoms with Crippen molar-refractivity contribution in [3.05, 3.63) is 0 Å². The number of amides is 1.